The van der Waals surface area contributed by atoms with Crippen LogP contribution in [0.3, 0.4) is 0 Å². The zero-order chi connectivity index (χ0) is 20.4. The second kappa shape index (κ2) is 8.20. The van der Waals surface area contributed by atoms with Crippen LogP contribution < -0.4 is 14.4 Å². The Hall–Kier alpha value is -2.31. The zero-order valence-corrected chi connectivity index (χ0v) is 17.1. The minimum Gasteiger partial charge on any atom is -0.489 e. The number of aliphatic hydroxyl groups is 1. The molecule has 2 aliphatic rings. The molecule has 1 unspecified atom stereocenters. The third kappa shape index (κ3) is 4.65. The lowest BCUT2D eigenvalue weighted by Crippen LogP contribution is -2.47. The molecule has 1 N–H and O–H groups in total. The highest BCUT2D eigenvalue weighted by Crippen LogP contribution is 2.35. The molecule has 2 aliphatic heterocycles. The van der Waals surface area contributed by atoms with Gasteiger partial charge in [-0.25, -0.2) is 4.39 Å². The van der Waals surface area contributed by atoms with Crippen LogP contribution in [0, 0.1) is 11.2 Å². The van der Waals surface area contributed by atoms with Crippen molar-refractivity contribution in [2.24, 2.45) is 5.41 Å². The normalized spacial score (nSPS) is 20.2. The fraction of sp³-hybridized carbons (Fsp3) is 0.478. The monoisotopic (exact) mass is 400 g/mol. The van der Waals surface area contributed by atoms with Crippen molar-refractivity contribution in [2.75, 3.05) is 50.8 Å². The Morgan fingerprint density at radius 1 is 1.00 bits per heavy atom. The first-order chi connectivity index (χ1) is 13.9. The molecule has 5 nitrogen and oxygen atoms in total. The molecule has 1 atom stereocenters. The highest BCUT2D eigenvalue weighted by Gasteiger charge is 2.26. The summed E-state index contributed by atoms with van der Waals surface area (Å²) in [5.41, 5.74) is 1.43. The molecule has 0 aliphatic carbocycles. The summed E-state index contributed by atoms with van der Waals surface area (Å²) >= 11 is 0. The zero-order valence-electron chi connectivity index (χ0n) is 17.1. The quantitative estimate of drug-likeness (QED) is 0.851. The molecule has 2 aromatic rings. The third-order valence-corrected chi connectivity index (χ3v) is 5.59. The van der Waals surface area contributed by atoms with Crippen LogP contribution in [0.5, 0.6) is 11.5 Å². The number of piperazine rings is 1. The van der Waals surface area contributed by atoms with E-state index in [1.807, 2.05) is 30.3 Å². The van der Waals surface area contributed by atoms with Gasteiger partial charge in [0.25, 0.3) is 0 Å². The van der Waals surface area contributed by atoms with Gasteiger partial charge in [-0.1, -0.05) is 32.0 Å². The van der Waals surface area contributed by atoms with Gasteiger partial charge in [-0.15, -0.1) is 0 Å². The summed E-state index contributed by atoms with van der Waals surface area (Å²) in [6.45, 7) is 8.98. The van der Waals surface area contributed by atoms with Crippen LogP contribution in [-0.4, -0.2) is 55.9 Å². The van der Waals surface area contributed by atoms with E-state index < -0.39 is 6.10 Å². The topological polar surface area (TPSA) is 45.2 Å². The molecule has 0 radical (unpaired) electrons. The van der Waals surface area contributed by atoms with Gasteiger partial charge in [-0.3, -0.25) is 4.90 Å². The van der Waals surface area contributed by atoms with E-state index in [4.69, 9.17) is 9.47 Å². The predicted molar refractivity (Wildman–Crippen MR) is 111 cm³/mol. The Bertz CT molecular complexity index is 850. The maximum atomic E-state index is 14.0. The number of ether oxygens (including phenoxy) is 2. The van der Waals surface area contributed by atoms with E-state index in [1.165, 1.54) is 6.07 Å². The molecule has 0 amide bonds. The molecule has 0 aromatic heterocycles. The van der Waals surface area contributed by atoms with Gasteiger partial charge in [0.1, 0.15) is 5.82 Å². The largest absolute Gasteiger partial charge is 0.489 e. The third-order valence-electron chi connectivity index (χ3n) is 5.59. The predicted octanol–water partition coefficient (Wildman–Crippen LogP) is 3.48. The van der Waals surface area contributed by atoms with Crippen LogP contribution in [0.1, 0.15) is 25.5 Å². The van der Waals surface area contributed by atoms with Crippen molar-refractivity contribution in [2.45, 2.75) is 20.0 Å². The minimum atomic E-state index is -0.611. The fourth-order valence-electron chi connectivity index (χ4n) is 3.78. The number of nitrogens with zero attached hydrogens (tertiary/aromatic N) is 2. The van der Waals surface area contributed by atoms with Crippen molar-refractivity contribution in [3.63, 3.8) is 0 Å². The van der Waals surface area contributed by atoms with E-state index in [1.54, 1.807) is 6.07 Å². The smallest absolute Gasteiger partial charge is 0.161 e. The number of para-hydroxylation sites is 1. The van der Waals surface area contributed by atoms with Gasteiger partial charge in [-0.2, -0.15) is 0 Å². The van der Waals surface area contributed by atoms with Crippen LogP contribution in [0.15, 0.2) is 42.5 Å². The summed E-state index contributed by atoms with van der Waals surface area (Å²) in [5, 5.41) is 10.8. The average Bonchev–Trinajstić information content (AvgIpc) is 2.87. The second-order valence-corrected chi connectivity index (χ2v) is 8.70. The molecule has 29 heavy (non-hydrogen) atoms. The Balaban J connectivity index is 1.35. The summed E-state index contributed by atoms with van der Waals surface area (Å²) in [4.78, 5) is 4.28. The van der Waals surface area contributed by atoms with E-state index >= 15 is 0 Å². The fourth-order valence-corrected chi connectivity index (χ4v) is 3.78. The van der Waals surface area contributed by atoms with E-state index in [0.29, 0.717) is 31.2 Å². The standard InChI is InChI=1S/C23H29FN2O3/c1-23(2)15-28-21-8-7-17(13-22(21)29-16-23)20(27)14-25-9-11-26(12-10-25)19-6-4-3-5-18(19)24/h3-8,13,20,27H,9-12,14-16H2,1-2H3. The summed E-state index contributed by atoms with van der Waals surface area (Å²) in [7, 11) is 0. The number of halogens is 1. The van der Waals surface area contributed by atoms with Gasteiger partial charge in [0.2, 0.25) is 0 Å². The van der Waals surface area contributed by atoms with Crippen molar-refractivity contribution in [1.29, 1.82) is 0 Å². The number of hydrogen-bond donors (Lipinski definition) is 1. The average molecular weight is 400 g/mol. The summed E-state index contributed by atoms with van der Waals surface area (Å²) < 4.78 is 25.8. The lowest BCUT2D eigenvalue weighted by molar-refractivity contribution is 0.109. The molecule has 2 aromatic carbocycles. The van der Waals surface area contributed by atoms with Crippen molar-refractivity contribution >= 4 is 5.69 Å². The van der Waals surface area contributed by atoms with Crippen LogP contribution in [0.25, 0.3) is 0 Å². The van der Waals surface area contributed by atoms with Gasteiger partial charge in [0, 0.05) is 38.1 Å². The highest BCUT2D eigenvalue weighted by atomic mass is 19.1. The van der Waals surface area contributed by atoms with Gasteiger partial charge >= 0.3 is 0 Å². The molecular formula is C23H29FN2O3. The molecule has 156 valence electrons. The number of aliphatic hydroxyl groups excluding tert-OH is 1. The van der Waals surface area contributed by atoms with Crippen molar-refractivity contribution in [1.82, 2.24) is 4.90 Å². The molecule has 6 heteroatoms. The molecule has 4 rings (SSSR count). The lowest BCUT2D eigenvalue weighted by Gasteiger charge is -2.37. The highest BCUT2D eigenvalue weighted by molar-refractivity contribution is 5.48. The van der Waals surface area contributed by atoms with Crippen LogP contribution in [-0.2, 0) is 0 Å². The Morgan fingerprint density at radius 3 is 2.41 bits per heavy atom. The first-order valence-electron chi connectivity index (χ1n) is 10.2. The first-order valence-corrected chi connectivity index (χ1v) is 10.2. The molecule has 2 heterocycles. The number of β-amino-alcohol motifs (C(OH)–C–C–N with tert-alkyl or cyclic N) is 1. The van der Waals surface area contributed by atoms with E-state index in [2.05, 4.69) is 23.6 Å². The molecular weight excluding hydrogens is 371 g/mol. The van der Waals surface area contributed by atoms with Gasteiger partial charge in [0.05, 0.1) is 25.0 Å². The van der Waals surface area contributed by atoms with Gasteiger partial charge < -0.3 is 19.5 Å². The number of fused-ring (bicyclic) bond motifs is 1. The Labute approximate surface area is 171 Å². The molecule has 0 bridgehead atoms. The van der Waals surface area contributed by atoms with Crippen LogP contribution in [0.4, 0.5) is 10.1 Å². The summed E-state index contributed by atoms with van der Waals surface area (Å²) in [6, 6.07) is 12.6. The van der Waals surface area contributed by atoms with Crippen molar-refractivity contribution < 1.29 is 19.0 Å². The summed E-state index contributed by atoms with van der Waals surface area (Å²) in [5.74, 6) is 1.23. The van der Waals surface area contributed by atoms with Crippen LogP contribution in [0.2, 0.25) is 0 Å². The Morgan fingerprint density at radius 2 is 1.69 bits per heavy atom. The minimum absolute atomic E-state index is 0.0459. The van der Waals surface area contributed by atoms with Crippen LogP contribution >= 0.6 is 0 Å². The molecule has 0 spiro atoms. The number of hydrogen-bond acceptors (Lipinski definition) is 5. The van der Waals surface area contributed by atoms with E-state index in [9.17, 15) is 9.50 Å². The Kier molecular flexibility index (Phi) is 5.65. The van der Waals surface area contributed by atoms with Crippen molar-refractivity contribution in [3.05, 3.63) is 53.8 Å². The van der Waals surface area contributed by atoms with Gasteiger partial charge in [-0.05, 0) is 29.8 Å². The van der Waals surface area contributed by atoms with Crippen molar-refractivity contribution in [3.8, 4) is 11.5 Å². The molecule has 1 fully saturated rings. The second-order valence-electron chi connectivity index (χ2n) is 8.70. The van der Waals surface area contributed by atoms with E-state index in [0.717, 1.165) is 37.5 Å². The number of anilines is 1. The lowest BCUT2D eigenvalue weighted by atomic mass is 9.97. The SMILES string of the molecule is CC1(C)COc2ccc(C(O)CN3CCN(c4ccccc4F)CC3)cc2OC1. The number of benzene rings is 2. The maximum absolute atomic E-state index is 14.0. The van der Waals surface area contributed by atoms with E-state index in [-0.39, 0.29) is 11.2 Å². The number of rotatable bonds is 4. The molecule has 1 saturated heterocycles. The molecule has 0 saturated carbocycles. The summed E-state index contributed by atoms with van der Waals surface area (Å²) in [6.07, 6.45) is -0.611. The first kappa shape index (κ1) is 20.0. The van der Waals surface area contributed by atoms with Gasteiger partial charge in [0.15, 0.2) is 11.5 Å². The maximum Gasteiger partial charge on any atom is 0.161 e.